The number of anilines is 1. The fourth-order valence-corrected chi connectivity index (χ4v) is 5.95. The molecule has 31 heavy (non-hydrogen) atoms. The van der Waals surface area contributed by atoms with Crippen LogP contribution in [-0.4, -0.2) is 29.7 Å². The molecule has 5 rings (SSSR count). The quantitative estimate of drug-likeness (QED) is 0.477. The Hall–Kier alpha value is -2.82. The number of sulfonamides is 1. The van der Waals surface area contributed by atoms with Crippen molar-refractivity contribution in [2.45, 2.75) is 30.8 Å². The normalized spacial score (nSPS) is 15.0. The smallest absolute Gasteiger partial charge is 0.266 e. The van der Waals surface area contributed by atoms with Crippen LogP contribution in [0.1, 0.15) is 29.7 Å². The van der Waals surface area contributed by atoms with Gasteiger partial charge in [-0.05, 0) is 42.6 Å². The summed E-state index contributed by atoms with van der Waals surface area (Å²) < 4.78 is 44.3. The number of rotatable bonds is 5. The van der Waals surface area contributed by atoms with Gasteiger partial charge in [-0.25, -0.2) is 17.8 Å². The second-order valence-corrected chi connectivity index (χ2v) is 10.0. The number of hydrogen-bond donors (Lipinski definition) is 2. The molecule has 0 unspecified atom stereocenters. The van der Waals surface area contributed by atoms with Gasteiger partial charge in [0.25, 0.3) is 10.0 Å². The zero-order valence-electron chi connectivity index (χ0n) is 16.7. The van der Waals surface area contributed by atoms with Gasteiger partial charge in [0.1, 0.15) is 10.7 Å². The summed E-state index contributed by atoms with van der Waals surface area (Å²) in [6.07, 6.45) is 4.02. The lowest BCUT2D eigenvalue weighted by Crippen LogP contribution is -2.26. The van der Waals surface area contributed by atoms with E-state index in [0.29, 0.717) is 10.9 Å². The minimum absolute atomic E-state index is 0.136. The Morgan fingerprint density at radius 1 is 1.32 bits per heavy atom. The zero-order valence-corrected chi connectivity index (χ0v) is 18.3. The van der Waals surface area contributed by atoms with Crippen LogP contribution in [-0.2, 0) is 23.0 Å². The molecule has 10 heteroatoms. The van der Waals surface area contributed by atoms with E-state index in [9.17, 15) is 12.8 Å². The lowest BCUT2D eigenvalue weighted by atomic mass is 9.92. The van der Waals surface area contributed by atoms with Gasteiger partial charge in [-0.3, -0.25) is 9.40 Å². The lowest BCUT2D eigenvalue weighted by molar-refractivity contribution is 0.556. The first-order chi connectivity index (χ1) is 14.9. The van der Waals surface area contributed by atoms with E-state index in [1.807, 2.05) is 13.0 Å². The van der Waals surface area contributed by atoms with Gasteiger partial charge in [0, 0.05) is 29.6 Å². The molecule has 0 radical (unpaired) electrons. The van der Waals surface area contributed by atoms with Gasteiger partial charge in [-0.2, -0.15) is 5.10 Å². The van der Waals surface area contributed by atoms with Crippen molar-refractivity contribution in [3.63, 3.8) is 0 Å². The van der Waals surface area contributed by atoms with E-state index in [2.05, 4.69) is 32.3 Å². The SMILES string of the molecule is C[C@H](c1cccc2c1CNCC2)n1ncc2cc(S(=O)(=O)Nc3nccs3)c(F)cc21. The van der Waals surface area contributed by atoms with Crippen molar-refractivity contribution >= 4 is 37.4 Å². The number of hydrogen-bond acceptors (Lipinski definition) is 6. The Kier molecular flexibility index (Phi) is 4.99. The molecule has 0 saturated heterocycles. The largest absolute Gasteiger partial charge is 0.312 e. The minimum atomic E-state index is -4.10. The highest BCUT2D eigenvalue weighted by Gasteiger charge is 2.24. The van der Waals surface area contributed by atoms with Crippen LogP contribution in [0.4, 0.5) is 9.52 Å². The summed E-state index contributed by atoms with van der Waals surface area (Å²) >= 11 is 1.13. The highest BCUT2D eigenvalue weighted by Crippen LogP contribution is 2.31. The van der Waals surface area contributed by atoms with Crippen LogP contribution >= 0.6 is 11.3 Å². The van der Waals surface area contributed by atoms with Gasteiger partial charge < -0.3 is 5.32 Å². The highest BCUT2D eigenvalue weighted by molar-refractivity contribution is 7.93. The Bertz CT molecular complexity index is 1370. The standard InChI is InChI=1S/C21H20FN5O2S2/c1-13(16-4-2-3-14-5-6-23-12-17(14)16)27-19-10-18(22)20(9-15(19)11-25-27)31(28,29)26-21-24-7-8-30-21/h2-4,7-11,13,23H,5-6,12H2,1H3,(H,24,26)/t13-/m1/s1. The summed E-state index contributed by atoms with van der Waals surface area (Å²) in [6, 6.07) is 8.67. The van der Waals surface area contributed by atoms with E-state index in [-0.39, 0.29) is 11.2 Å². The van der Waals surface area contributed by atoms with Crippen molar-refractivity contribution < 1.29 is 12.8 Å². The fraction of sp³-hybridized carbons (Fsp3) is 0.238. The molecule has 0 aliphatic carbocycles. The summed E-state index contributed by atoms with van der Waals surface area (Å²) in [5.41, 5.74) is 4.22. The number of nitrogens with zero attached hydrogens (tertiary/aromatic N) is 3. The average molecular weight is 458 g/mol. The maximum Gasteiger partial charge on any atom is 0.266 e. The van der Waals surface area contributed by atoms with Crippen molar-refractivity contribution in [3.8, 4) is 0 Å². The third-order valence-corrected chi connectivity index (χ3v) is 7.76. The van der Waals surface area contributed by atoms with Crippen molar-refractivity contribution in [3.05, 3.63) is 70.6 Å². The zero-order chi connectivity index (χ0) is 21.6. The van der Waals surface area contributed by atoms with E-state index < -0.39 is 20.7 Å². The summed E-state index contributed by atoms with van der Waals surface area (Å²) in [4.78, 5) is 3.47. The molecule has 2 aromatic heterocycles. The molecule has 1 aliphatic heterocycles. The third kappa shape index (κ3) is 3.60. The summed E-state index contributed by atoms with van der Waals surface area (Å²) in [6.45, 7) is 3.75. The second-order valence-electron chi connectivity index (χ2n) is 7.46. The third-order valence-electron chi connectivity index (χ3n) is 5.59. The van der Waals surface area contributed by atoms with Gasteiger partial charge in [-0.15, -0.1) is 11.3 Å². The van der Waals surface area contributed by atoms with Crippen molar-refractivity contribution in [2.24, 2.45) is 0 Å². The van der Waals surface area contributed by atoms with E-state index in [1.165, 1.54) is 29.5 Å². The summed E-state index contributed by atoms with van der Waals surface area (Å²) in [5, 5.41) is 10.2. The molecule has 2 aromatic carbocycles. The molecule has 3 heterocycles. The summed E-state index contributed by atoms with van der Waals surface area (Å²) in [5.74, 6) is -0.831. The van der Waals surface area contributed by atoms with E-state index >= 15 is 0 Å². The van der Waals surface area contributed by atoms with Gasteiger partial charge in [0.2, 0.25) is 0 Å². The fourth-order valence-electron chi connectivity index (χ4n) is 4.07. The molecule has 4 aromatic rings. The Morgan fingerprint density at radius 2 is 2.19 bits per heavy atom. The van der Waals surface area contributed by atoms with E-state index in [0.717, 1.165) is 36.4 Å². The second kappa shape index (κ2) is 7.70. The van der Waals surface area contributed by atoms with Crippen LogP contribution in [0.2, 0.25) is 0 Å². The maximum absolute atomic E-state index is 15.0. The number of nitrogens with one attached hydrogen (secondary N) is 2. The lowest BCUT2D eigenvalue weighted by Gasteiger charge is -2.24. The first kappa shape index (κ1) is 20.1. The molecule has 7 nitrogen and oxygen atoms in total. The Labute approximate surface area is 183 Å². The topological polar surface area (TPSA) is 88.9 Å². The van der Waals surface area contributed by atoms with Crippen molar-refractivity contribution in [1.82, 2.24) is 20.1 Å². The maximum atomic E-state index is 15.0. The Balaban J connectivity index is 1.55. The Morgan fingerprint density at radius 3 is 3.00 bits per heavy atom. The van der Waals surface area contributed by atoms with Crippen molar-refractivity contribution in [1.29, 1.82) is 0 Å². The molecule has 160 valence electrons. The van der Waals surface area contributed by atoms with Crippen molar-refractivity contribution in [2.75, 3.05) is 11.3 Å². The first-order valence-electron chi connectivity index (χ1n) is 9.84. The van der Waals surface area contributed by atoms with Crippen LogP contribution in [0.5, 0.6) is 0 Å². The molecular formula is C21H20FN5O2S2. The molecule has 0 saturated carbocycles. The number of thiazole rings is 1. The van der Waals surface area contributed by atoms with Crippen LogP contribution < -0.4 is 10.0 Å². The van der Waals surface area contributed by atoms with Gasteiger partial charge in [0.15, 0.2) is 5.13 Å². The number of benzene rings is 2. The molecule has 1 atom stereocenters. The van der Waals surface area contributed by atoms with Crippen LogP contribution in [0, 0.1) is 5.82 Å². The summed E-state index contributed by atoms with van der Waals surface area (Å²) in [7, 11) is -4.10. The van der Waals surface area contributed by atoms with Gasteiger partial charge in [0.05, 0.1) is 17.8 Å². The van der Waals surface area contributed by atoms with Gasteiger partial charge >= 0.3 is 0 Å². The molecule has 2 N–H and O–H groups in total. The number of fused-ring (bicyclic) bond motifs is 2. The molecule has 1 aliphatic rings. The molecule has 0 bridgehead atoms. The molecule has 0 amide bonds. The number of halogens is 1. The average Bonchev–Trinajstić information content (AvgIpc) is 3.41. The molecule has 0 spiro atoms. The van der Waals surface area contributed by atoms with Crippen LogP contribution in [0.3, 0.4) is 0 Å². The predicted octanol–water partition coefficient (Wildman–Crippen LogP) is 3.69. The number of aromatic nitrogens is 3. The van der Waals surface area contributed by atoms with Crippen LogP contribution in [0.15, 0.2) is 53.0 Å². The predicted molar refractivity (Wildman–Crippen MR) is 118 cm³/mol. The molecular weight excluding hydrogens is 437 g/mol. The van der Waals surface area contributed by atoms with E-state index in [4.69, 9.17) is 0 Å². The molecule has 0 fully saturated rings. The van der Waals surface area contributed by atoms with Crippen LogP contribution in [0.25, 0.3) is 10.9 Å². The first-order valence-corrected chi connectivity index (χ1v) is 12.2. The monoisotopic (exact) mass is 457 g/mol. The van der Waals surface area contributed by atoms with E-state index in [1.54, 1.807) is 16.3 Å². The minimum Gasteiger partial charge on any atom is -0.312 e. The highest BCUT2D eigenvalue weighted by atomic mass is 32.2. The van der Waals surface area contributed by atoms with Gasteiger partial charge in [-0.1, -0.05) is 18.2 Å².